The molecular weight excluding hydrogens is 709 g/mol. The minimum atomic E-state index is 0.616. The summed E-state index contributed by atoms with van der Waals surface area (Å²) in [5.41, 5.74) is 13.4. The van der Waals surface area contributed by atoms with Crippen molar-refractivity contribution in [2.45, 2.75) is 0 Å². The summed E-state index contributed by atoms with van der Waals surface area (Å²) in [6.07, 6.45) is 2.09. The molecule has 0 N–H and O–H groups in total. The molecule has 11 rings (SSSR count). The van der Waals surface area contributed by atoms with E-state index in [0.29, 0.717) is 17.5 Å². The number of hydrogen-bond donors (Lipinski definition) is 0. The quantitative estimate of drug-likeness (QED) is 0.163. The number of aromatic nitrogens is 6. The molecule has 0 unspecified atom stereocenters. The maximum Gasteiger partial charge on any atom is 0.164 e. The number of nitrogens with zero attached hydrogens (tertiary/aromatic N) is 6. The molecule has 4 aromatic heterocycles. The molecule has 58 heavy (non-hydrogen) atoms. The first-order valence-corrected chi connectivity index (χ1v) is 19.4. The number of benzene rings is 7. The molecule has 272 valence electrons. The Balaban J connectivity index is 1.04. The van der Waals surface area contributed by atoms with Gasteiger partial charge in [-0.25, -0.2) is 19.9 Å². The van der Waals surface area contributed by atoms with Crippen LogP contribution in [0.25, 0.3) is 101 Å². The van der Waals surface area contributed by atoms with E-state index >= 15 is 0 Å². The molecule has 0 atom stereocenters. The molecule has 0 aliphatic carbocycles. The van der Waals surface area contributed by atoms with E-state index in [2.05, 4.69) is 173 Å². The van der Waals surface area contributed by atoms with Gasteiger partial charge in [-0.1, -0.05) is 146 Å². The van der Waals surface area contributed by atoms with Gasteiger partial charge in [-0.3, -0.25) is 4.40 Å². The van der Waals surface area contributed by atoms with Crippen molar-refractivity contribution in [1.82, 2.24) is 28.9 Å². The van der Waals surface area contributed by atoms with Crippen molar-refractivity contribution in [2.75, 3.05) is 0 Å². The van der Waals surface area contributed by atoms with Crippen LogP contribution in [0, 0.1) is 0 Å². The van der Waals surface area contributed by atoms with E-state index in [4.69, 9.17) is 19.9 Å². The van der Waals surface area contributed by atoms with Crippen molar-refractivity contribution in [3.05, 3.63) is 206 Å². The lowest BCUT2D eigenvalue weighted by Crippen LogP contribution is -2.00. The fourth-order valence-corrected chi connectivity index (χ4v) is 8.04. The van der Waals surface area contributed by atoms with Crippen molar-refractivity contribution in [2.24, 2.45) is 0 Å². The Morgan fingerprint density at radius 1 is 0.328 bits per heavy atom. The van der Waals surface area contributed by atoms with Gasteiger partial charge in [0.2, 0.25) is 0 Å². The van der Waals surface area contributed by atoms with Gasteiger partial charge in [-0.05, 0) is 65.7 Å². The molecule has 0 saturated heterocycles. The normalized spacial score (nSPS) is 11.4. The zero-order chi connectivity index (χ0) is 38.4. The summed E-state index contributed by atoms with van der Waals surface area (Å²) in [6, 6.07) is 69.4. The van der Waals surface area contributed by atoms with Gasteiger partial charge in [0.15, 0.2) is 17.5 Å². The first-order chi connectivity index (χ1) is 28.7. The van der Waals surface area contributed by atoms with Crippen LogP contribution in [0.2, 0.25) is 0 Å². The highest BCUT2D eigenvalue weighted by Gasteiger charge is 2.19. The summed E-state index contributed by atoms with van der Waals surface area (Å²) in [5.74, 6) is 1.87. The second kappa shape index (κ2) is 14.0. The summed E-state index contributed by atoms with van der Waals surface area (Å²) in [6.45, 7) is 0. The summed E-state index contributed by atoms with van der Waals surface area (Å²) >= 11 is 0. The molecule has 0 aliphatic heterocycles. The van der Waals surface area contributed by atoms with Gasteiger partial charge in [-0.2, -0.15) is 0 Å². The predicted molar refractivity (Wildman–Crippen MR) is 236 cm³/mol. The van der Waals surface area contributed by atoms with Crippen molar-refractivity contribution < 1.29 is 0 Å². The summed E-state index contributed by atoms with van der Waals surface area (Å²) < 4.78 is 4.53. The number of para-hydroxylation sites is 1. The third-order valence-corrected chi connectivity index (χ3v) is 10.8. The van der Waals surface area contributed by atoms with E-state index in [0.717, 1.165) is 72.7 Å². The first kappa shape index (κ1) is 33.4. The lowest BCUT2D eigenvalue weighted by molar-refractivity contribution is 1.07. The fraction of sp³-hybridized carbons (Fsp3) is 0. The van der Waals surface area contributed by atoms with Gasteiger partial charge >= 0.3 is 0 Å². The van der Waals surface area contributed by atoms with E-state index in [1.165, 1.54) is 10.8 Å². The highest BCUT2D eigenvalue weighted by Crippen LogP contribution is 2.38. The van der Waals surface area contributed by atoms with Gasteiger partial charge in [0, 0.05) is 50.5 Å². The van der Waals surface area contributed by atoms with E-state index in [9.17, 15) is 0 Å². The molecule has 0 aliphatic rings. The maximum atomic E-state index is 5.18. The predicted octanol–water partition coefficient (Wildman–Crippen LogP) is 12.6. The Kier molecular flexibility index (Phi) is 8.04. The van der Waals surface area contributed by atoms with E-state index < -0.39 is 0 Å². The Morgan fingerprint density at radius 3 is 1.62 bits per heavy atom. The van der Waals surface area contributed by atoms with Gasteiger partial charge < -0.3 is 4.57 Å². The Hall–Kier alpha value is -7.96. The lowest BCUT2D eigenvalue weighted by Gasteiger charge is -2.12. The molecule has 4 heterocycles. The smallest absolute Gasteiger partial charge is 0.164 e. The molecule has 11 aromatic rings. The summed E-state index contributed by atoms with van der Waals surface area (Å²) in [7, 11) is 0. The molecule has 0 bridgehead atoms. The fourth-order valence-electron chi connectivity index (χ4n) is 8.04. The molecule has 0 amide bonds. The molecular formula is C52H34N6. The maximum absolute atomic E-state index is 5.18. The highest BCUT2D eigenvalue weighted by atomic mass is 15.0. The molecule has 0 spiro atoms. The van der Waals surface area contributed by atoms with Crippen molar-refractivity contribution in [3.63, 3.8) is 0 Å². The molecule has 6 heteroatoms. The van der Waals surface area contributed by atoms with Crippen LogP contribution < -0.4 is 0 Å². The molecule has 0 saturated carbocycles. The van der Waals surface area contributed by atoms with Gasteiger partial charge in [0.25, 0.3) is 0 Å². The first-order valence-electron chi connectivity index (χ1n) is 19.4. The van der Waals surface area contributed by atoms with Crippen LogP contribution in [0.3, 0.4) is 0 Å². The average Bonchev–Trinajstić information content (AvgIpc) is 3.86. The van der Waals surface area contributed by atoms with Crippen LogP contribution in [-0.2, 0) is 0 Å². The van der Waals surface area contributed by atoms with Gasteiger partial charge in [0.05, 0.1) is 22.4 Å². The third-order valence-electron chi connectivity index (χ3n) is 10.8. The number of rotatable bonds is 7. The Morgan fingerprint density at radius 2 is 0.879 bits per heavy atom. The van der Waals surface area contributed by atoms with Gasteiger partial charge in [-0.15, -0.1) is 0 Å². The van der Waals surface area contributed by atoms with Crippen LogP contribution >= 0.6 is 0 Å². The molecule has 7 aromatic carbocycles. The SMILES string of the molecule is c1ccc(-c2cccc(-c3nc(-c4ccccc4)nc(-c4ccc(-n5c6ccccc6c6ccc(-c7nc8ccccn8c7-c7ccccc7)cc65)cc4)n3)c2)cc1. The second-order valence-electron chi connectivity index (χ2n) is 14.4. The van der Waals surface area contributed by atoms with Crippen LogP contribution in [-0.4, -0.2) is 28.9 Å². The topological polar surface area (TPSA) is 60.9 Å². The average molecular weight is 743 g/mol. The standard InChI is InChI=1S/C52H34N6/c1-4-15-35(16-5-1)39-21-14-22-41(33-39)52-55-50(37-19-8-3-9-20-37)54-51(56-52)38-26-29-42(30-27-38)58-45-24-11-10-23-43(45)44-31-28-40(34-46(44)58)48-49(36-17-6-2-7-18-36)57-32-13-12-25-47(57)53-48/h1-34H. The van der Waals surface area contributed by atoms with Gasteiger partial charge in [0.1, 0.15) is 5.65 Å². The van der Waals surface area contributed by atoms with Crippen molar-refractivity contribution >= 4 is 27.5 Å². The van der Waals surface area contributed by atoms with E-state index in [-0.39, 0.29) is 0 Å². The molecule has 0 fully saturated rings. The number of fused-ring (bicyclic) bond motifs is 4. The summed E-state index contributed by atoms with van der Waals surface area (Å²) in [4.78, 5) is 20.3. The van der Waals surface area contributed by atoms with E-state index in [1.807, 2.05) is 42.5 Å². The monoisotopic (exact) mass is 742 g/mol. The number of hydrogen-bond acceptors (Lipinski definition) is 4. The number of pyridine rings is 1. The summed E-state index contributed by atoms with van der Waals surface area (Å²) in [5, 5.41) is 2.37. The van der Waals surface area contributed by atoms with Crippen LogP contribution in [0.15, 0.2) is 206 Å². The third kappa shape index (κ3) is 5.83. The van der Waals surface area contributed by atoms with E-state index in [1.54, 1.807) is 0 Å². The second-order valence-corrected chi connectivity index (χ2v) is 14.4. The Bertz CT molecular complexity index is 3260. The largest absolute Gasteiger partial charge is 0.309 e. The number of imidazole rings is 1. The molecule has 6 nitrogen and oxygen atoms in total. The highest BCUT2D eigenvalue weighted by molar-refractivity contribution is 6.10. The van der Waals surface area contributed by atoms with Crippen LogP contribution in [0.4, 0.5) is 0 Å². The zero-order valence-corrected chi connectivity index (χ0v) is 31.3. The van der Waals surface area contributed by atoms with Crippen LogP contribution in [0.5, 0.6) is 0 Å². The minimum absolute atomic E-state index is 0.616. The zero-order valence-electron chi connectivity index (χ0n) is 31.3. The van der Waals surface area contributed by atoms with Crippen LogP contribution in [0.1, 0.15) is 0 Å². The van der Waals surface area contributed by atoms with Crippen molar-refractivity contribution in [1.29, 1.82) is 0 Å². The lowest BCUT2D eigenvalue weighted by atomic mass is 10.0. The van der Waals surface area contributed by atoms with Crippen molar-refractivity contribution in [3.8, 4) is 73.5 Å². The minimum Gasteiger partial charge on any atom is -0.309 e. The molecule has 0 radical (unpaired) electrons. The Labute approximate surface area is 335 Å².